The van der Waals surface area contributed by atoms with Crippen LogP contribution in [0.3, 0.4) is 0 Å². The summed E-state index contributed by atoms with van der Waals surface area (Å²) in [6.45, 7) is 4.24. The number of rotatable bonds is 9. The van der Waals surface area contributed by atoms with Crippen molar-refractivity contribution in [2.45, 2.75) is 32.2 Å². The number of hydrogen-bond acceptors (Lipinski definition) is 4. The molecule has 0 spiro atoms. The first-order chi connectivity index (χ1) is 9.17. The van der Waals surface area contributed by atoms with Gasteiger partial charge in [0.05, 0.1) is 0 Å². The van der Waals surface area contributed by atoms with Gasteiger partial charge in [0.1, 0.15) is 0 Å². The second-order valence-electron chi connectivity index (χ2n) is 4.75. The van der Waals surface area contributed by atoms with Crippen molar-refractivity contribution >= 4 is 17.2 Å². The molecule has 1 heterocycles. The summed E-state index contributed by atoms with van der Waals surface area (Å²) in [5.74, 6) is 0.0975. The van der Waals surface area contributed by atoms with E-state index in [4.69, 9.17) is 5.73 Å². The zero-order valence-electron chi connectivity index (χ0n) is 11.9. The minimum absolute atomic E-state index is 0.0975. The molecule has 0 fully saturated rings. The molecule has 5 heteroatoms. The lowest BCUT2D eigenvalue weighted by Crippen LogP contribution is -2.42. The predicted octanol–water partition coefficient (Wildman–Crippen LogP) is 1.47. The molecule has 0 saturated carbocycles. The molecular formula is C14H25N3OS. The molecule has 1 aromatic heterocycles. The lowest BCUT2D eigenvalue weighted by molar-refractivity contribution is -0.122. The Morgan fingerprint density at radius 1 is 1.58 bits per heavy atom. The molecule has 1 atom stereocenters. The van der Waals surface area contributed by atoms with Crippen LogP contribution in [-0.2, 0) is 11.2 Å². The molecular weight excluding hydrogens is 258 g/mol. The van der Waals surface area contributed by atoms with Gasteiger partial charge in [0.25, 0.3) is 0 Å². The smallest absolute Gasteiger partial charge is 0.221 e. The van der Waals surface area contributed by atoms with E-state index in [1.807, 2.05) is 14.0 Å². The van der Waals surface area contributed by atoms with Crippen molar-refractivity contribution in [1.82, 2.24) is 10.2 Å². The van der Waals surface area contributed by atoms with Crippen LogP contribution >= 0.6 is 11.3 Å². The second kappa shape index (κ2) is 9.07. The summed E-state index contributed by atoms with van der Waals surface area (Å²) in [4.78, 5) is 15.3. The van der Waals surface area contributed by atoms with Gasteiger partial charge in [-0.15, -0.1) is 11.3 Å². The highest BCUT2D eigenvalue weighted by molar-refractivity contribution is 7.09. The quantitative estimate of drug-likeness (QED) is 0.721. The fraction of sp³-hybridized carbons (Fsp3) is 0.643. The molecule has 1 amide bonds. The lowest BCUT2D eigenvalue weighted by atomic mass is 10.1. The van der Waals surface area contributed by atoms with Crippen molar-refractivity contribution in [1.29, 1.82) is 0 Å². The summed E-state index contributed by atoms with van der Waals surface area (Å²) in [6, 6.07) is 4.33. The van der Waals surface area contributed by atoms with Crippen LogP contribution in [0.5, 0.6) is 0 Å². The van der Waals surface area contributed by atoms with Crippen LogP contribution in [0.2, 0.25) is 0 Å². The first kappa shape index (κ1) is 16.1. The molecule has 1 rings (SSSR count). The van der Waals surface area contributed by atoms with Crippen LogP contribution in [0.25, 0.3) is 0 Å². The highest BCUT2D eigenvalue weighted by Crippen LogP contribution is 2.10. The Labute approximate surface area is 120 Å². The number of amides is 1. The van der Waals surface area contributed by atoms with E-state index in [1.54, 1.807) is 11.3 Å². The minimum atomic E-state index is 0.0975. The Hall–Kier alpha value is -0.910. The zero-order chi connectivity index (χ0) is 14.1. The monoisotopic (exact) mass is 283 g/mol. The Morgan fingerprint density at radius 2 is 2.37 bits per heavy atom. The molecule has 1 unspecified atom stereocenters. The third-order valence-electron chi connectivity index (χ3n) is 3.18. The molecule has 0 aliphatic rings. The molecule has 0 radical (unpaired) electrons. The molecule has 1 aromatic rings. The highest BCUT2D eigenvalue weighted by atomic mass is 32.1. The number of likely N-dealkylation sites (N-methyl/N-ethyl adjacent to an activating group) is 1. The van der Waals surface area contributed by atoms with Crippen molar-refractivity contribution in [2.24, 2.45) is 5.73 Å². The van der Waals surface area contributed by atoms with Crippen LogP contribution in [-0.4, -0.2) is 43.5 Å². The van der Waals surface area contributed by atoms with E-state index in [0.29, 0.717) is 13.0 Å². The van der Waals surface area contributed by atoms with Crippen molar-refractivity contribution in [3.05, 3.63) is 22.4 Å². The maximum absolute atomic E-state index is 11.7. The average Bonchev–Trinajstić information content (AvgIpc) is 2.93. The number of hydrogen-bond donors (Lipinski definition) is 2. The first-order valence-corrected chi connectivity index (χ1v) is 7.74. The molecule has 0 aliphatic heterocycles. The Balaban J connectivity index is 2.34. The molecule has 0 aromatic carbocycles. The Bertz CT molecular complexity index is 354. The summed E-state index contributed by atoms with van der Waals surface area (Å²) in [5, 5.41) is 4.99. The molecule has 4 nitrogen and oxygen atoms in total. The number of nitrogens with one attached hydrogen (secondary N) is 1. The summed E-state index contributed by atoms with van der Waals surface area (Å²) in [5.41, 5.74) is 5.78. The van der Waals surface area contributed by atoms with Gasteiger partial charge >= 0.3 is 0 Å². The maximum Gasteiger partial charge on any atom is 0.221 e. The molecule has 0 bridgehead atoms. The highest BCUT2D eigenvalue weighted by Gasteiger charge is 2.16. The van der Waals surface area contributed by atoms with Gasteiger partial charge in [-0.05, 0) is 31.3 Å². The summed E-state index contributed by atoms with van der Waals surface area (Å²) < 4.78 is 0. The van der Waals surface area contributed by atoms with Gasteiger partial charge in [-0.1, -0.05) is 13.0 Å². The van der Waals surface area contributed by atoms with Gasteiger partial charge in [-0.3, -0.25) is 4.79 Å². The lowest BCUT2D eigenvalue weighted by Gasteiger charge is -2.26. The summed E-state index contributed by atoms with van der Waals surface area (Å²) in [6.07, 6.45) is 2.46. The van der Waals surface area contributed by atoms with Gasteiger partial charge in [-0.2, -0.15) is 0 Å². The van der Waals surface area contributed by atoms with E-state index < -0.39 is 0 Å². The van der Waals surface area contributed by atoms with Gasteiger partial charge in [-0.25, -0.2) is 0 Å². The van der Waals surface area contributed by atoms with Crippen molar-refractivity contribution < 1.29 is 4.79 Å². The number of thiophene rings is 1. The van der Waals surface area contributed by atoms with Crippen LogP contribution in [0.15, 0.2) is 17.5 Å². The third-order valence-corrected chi connectivity index (χ3v) is 4.12. The van der Waals surface area contributed by atoms with Gasteiger partial charge < -0.3 is 16.0 Å². The van der Waals surface area contributed by atoms with Crippen LogP contribution in [0.1, 0.15) is 24.6 Å². The zero-order valence-corrected chi connectivity index (χ0v) is 12.7. The molecule has 0 saturated heterocycles. The summed E-state index contributed by atoms with van der Waals surface area (Å²) in [7, 11) is 2.04. The van der Waals surface area contributed by atoms with E-state index in [0.717, 1.165) is 25.9 Å². The standard InChI is InChI=1S/C14H25N3OS/c1-3-7-16-14(18)10-12(11-15)17(2)8-6-13-5-4-9-19-13/h4-5,9,12H,3,6-8,10-11,15H2,1-2H3,(H,16,18). The summed E-state index contributed by atoms with van der Waals surface area (Å²) >= 11 is 1.77. The van der Waals surface area contributed by atoms with Gasteiger partial charge in [0.15, 0.2) is 0 Å². The van der Waals surface area contributed by atoms with Crippen LogP contribution in [0.4, 0.5) is 0 Å². The van der Waals surface area contributed by atoms with Crippen molar-refractivity contribution in [3.63, 3.8) is 0 Å². The molecule has 108 valence electrons. The minimum Gasteiger partial charge on any atom is -0.356 e. The molecule has 0 aliphatic carbocycles. The van der Waals surface area contributed by atoms with E-state index in [9.17, 15) is 4.79 Å². The fourth-order valence-corrected chi connectivity index (χ4v) is 2.59. The van der Waals surface area contributed by atoms with Gasteiger partial charge in [0.2, 0.25) is 5.91 Å². The fourth-order valence-electron chi connectivity index (χ4n) is 1.89. The average molecular weight is 283 g/mol. The number of carbonyl (C=O) groups is 1. The van der Waals surface area contributed by atoms with E-state index >= 15 is 0 Å². The molecule has 19 heavy (non-hydrogen) atoms. The normalized spacial score (nSPS) is 12.6. The number of carbonyl (C=O) groups excluding carboxylic acids is 1. The van der Waals surface area contributed by atoms with Crippen molar-refractivity contribution in [3.8, 4) is 0 Å². The second-order valence-corrected chi connectivity index (χ2v) is 5.79. The van der Waals surface area contributed by atoms with E-state index in [-0.39, 0.29) is 11.9 Å². The number of nitrogens with zero attached hydrogens (tertiary/aromatic N) is 1. The number of nitrogens with two attached hydrogens (primary N) is 1. The SMILES string of the molecule is CCCNC(=O)CC(CN)N(C)CCc1cccs1. The Morgan fingerprint density at radius 3 is 2.95 bits per heavy atom. The first-order valence-electron chi connectivity index (χ1n) is 6.86. The van der Waals surface area contributed by atoms with E-state index in [1.165, 1.54) is 4.88 Å². The largest absolute Gasteiger partial charge is 0.356 e. The molecule has 3 N–H and O–H groups in total. The van der Waals surface area contributed by atoms with Crippen LogP contribution in [0, 0.1) is 0 Å². The Kier molecular flexibility index (Phi) is 7.70. The van der Waals surface area contributed by atoms with Crippen molar-refractivity contribution in [2.75, 3.05) is 26.7 Å². The maximum atomic E-state index is 11.7. The van der Waals surface area contributed by atoms with E-state index in [2.05, 4.69) is 27.7 Å². The van der Waals surface area contributed by atoms with Gasteiger partial charge in [0, 0.05) is 37.0 Å². The third kappa shape index (κ3) is 6.18. The van der Waals surface area contributed by atoms with Crippen LogP contribution < -0.4 is 11.1 Å². The topological polar surface area (TPSA) is 58.4 Å². The predicted molar refractivity (Wildman–Crippen MR) is 81.4 cm³/mol.